The molecule has 0 heterocycles. The molecule has 2 heteroatoms. The lowest BCUT2D eigenvalue weighted by molar-refractivity contribution is 0.190. The zero-order valence-corrected chi connectivity index (χ0v) is 7.22. The summed E-state index contributed by atoms with van der Waals surface area (Å²) in [6.07, 6.45) is 1.99. The Hall–Kier alpha value is -1.05. The van der Waals surface area contributed by atoms with E-state index < -0.39 is 6.86 Å². The Bertz CT molecular complexity index is 210. The molecule has 0 amide bonds. The van der Waals surface area contributed by atoms with Gasteiger partial charge in [-0.25, -0.2) is 4.39 Å². The molecule has 0 unspecified atom stereocenters. The Morgan fingerprint density at radius 2 is 2.08 bits per heavy atom. The maximum atomic E-state index is 11.9. The summed E-state index contributed by atoms with van der Waals surface area (Å²) in [7, 11) is 0. The standard InChI is InChI=1S/C10H13FO/c1-2-5-9-6-3-4-7-10(9)12-8-11/h3-4,6-7H,2,5,8H2,1H3. The second kappa shape index (κ2) is 4.75. The first-order chi connectivity index (χ1) is 5.88. The van der Waals surface area contributed by atoms with Crippen molar-refractivity contribution in [3.05, 3.63) is 29.8 Å². The van der Waals surface area contributed by atoms with Crippen molar-refractivity contribution in [2.75, 3.05) is 6.86 Å². The van der Waals surface area contributed by atoms with Crippen molar-refractivity contribution in [3.63, 3.8) is 0 Å². The number of rotatable bonds is 4. The summed E-state index contributed by atoms with van der Waals surface area (Å²) < 4.78 is 16.7. The molecule has 0 aromatic heterocycles. The minimum atomic E-state index is -0.749. The molecule has 0 aliphatic heterocycles. The van der Waals surface area contributed by atoms with Crippen molar-refractivity contribution in [3.8, 4) is 5.75 Å². The molecule has 0 radical (unpaired) electrons. The summed E-state index contributed by atoms with van der Waals surface area (Å²) in [5, 5.41) is 0. The van der Waals surface area contributed by atoms with Crippen molar-refractivity contribution < 1.29 is 9.13 Å². The highest BCUT2D eigenvalue weighted by Crippen LogP contribution is 2.19. The van der Waals surface area contributed by atoms with Crippen molar-refractivity contribution in [2.24, 2.45) is 0 Å². The van der Waals surface area contributed by atoms with Crippen molar-refractivity contribution in [2.45, 2.75) is 19.8 Å². The van der Waals surface area contributed by atoms with E-state index in [1.54, 1.807) is 6.07 Å². The van der Waals surface area contributed by atoms with Gasteiger partial charge in [0.25, 0.3) is 0 Å². The fourth-order valence-electron chi connectivity index (χ4n) is 1.18. The molecule has 1 aromatic carbocycles. The van der Waals surface area contributed by atoms with Crippen LogP contribution in [-0.4, -0.2) is 6.86 Å². The van der Waals surface area contributed by atoms with E-state index in [9.17, 15) is 4.39 Å². The third-order valence-corrected chi connectivity index (χ3v) is 1.70. The molecule has 1 nitrogen and oxygen atoms in total. The van der Waals surface area contributed by atoms with Crippen molar-refractivity contribution in [1.29, 1.82) is 0 Å². The van der Waals surface area contributed by atoms with Crippen LogP contribution in [0.1, 0.15) is 18.9 Å². The molecular formula is C10H13FO. The molecule has 0 fully saturated rings. The molecule has 12 heavy (non-hydrogen) atoms. The van der Waals surface area contributed by atoms with E-state index in [1.807, 2.05) is 18.2 Å². The number of alkyl halides is 1. The van der Waals surface area contributed by atoms with Crippen LogP contribution in [0.2, 0.25) is 0 Å². The van der Waals surface area contributed by atoms with Crippen LogP contribution in [0.15, 0.2) is 24.3 Å². The van der Waals surface area contributed by atoms with Gasteiger partial charge in [-0.3, -0.25) is 0 Å². The molecule has 0 bridgehead atoms. The predicted octanol–water partition coefficient (Wildman–Crippen LogP) is 2.94. The van der Waals surface area contributed by atoms with Gasteiger partial charge in [0.2, 0.25) is 6.86 Å². The molecule has 0 saturated carbocycles. The van der Waals surface area contributed by atoms with Gasteiger partial charge in [0, 0.05) is 0 Å². The number of benzene rings is 1. The van der Waals surface area contributed by atoms with Crippen LogP contribution in [0.25, 0.3) is 0 Å². The number of ether oxygens (including phenoxy) is 1. The average molecular weight is 168 g/mol. The summed E-state index contributed by atoms with van der Waals surface area (Å²) in [5.74, 6) is 0.668. The molecule has 0 aliphatic rings. The molecule has 1 aromatic rings. The van der Waals surface area contributed by atoms with Crippen LogP contribution in [0.4, 0.5) is 4.39 Å². The van der Waals surface area contributed by atoms with E-state index in [4.69, 9.17) is 4.74 Å². The molecule has 0 N–H and O–H groups in total. The minimum absolute atomic E-state index is 0.668. The molecule has 0 aliphatic carbocycles. The Balaban J connectivity index is 2.77. The van der Waals surface area contributed by atoms with Gasteiger partial charge < -0.3 is 4.74 Å². The molecule has 66 valence electrons. The van der Waals surface area contributed by atoms with Gasteiger partial charge in [-0.1, -0.05) is 31.5 Å². The maximum absolute atomic E-state index is 11.9. The SMILES string of the molecule is CCCc1ccccc1OCF. The largest absolute Gasteiger partial charge is 0.463 e. The average Bonchev–Trinajstić information content (AvgIpc) is 2.09. The lowest BCUT2D eigenvalue weighted by Crippen LogP contribution is -1.94. The maximum Gasteiger partial charge on any atom is 0.228 e. The molecule has 0 atom stereocenters. The number of para-hydroxylation sites is 1. The first kappa shape index (κ1) is 9.04. The summed E-state index contributed by atoms with van der Waals surface area (Å²) in [6, 6.07) is 7.55. The van der Waals surface area contributed by atoms with Gasteiger partial charge in [-0.15, -0.1) is 0 Å². The first-order valence-electron chi connectivity index (χ1n) is 4.15. The van der Waals surface area contributed by atoms with Gasteiger partial charge in [0.1, 0.15) is 5.75 Å². The zero-order valence-electron chi connectivity index (χ0n) is 7.22. The van der Waals surface area contributed by atoms with Crippen LogP contribution in [0.5, 0.6) is 5.75 Å². The number of halogens is 1. The van der Waals surface area contributed by atoms with E-state index in [-0.39, 0.29) is 0 Å². The third-order valence-electron chi connectivity index (χ3n) is 1.70. The van der Waals surface area contributed by atoms with Crippen LogP contribution in [0.3, 0.4) is 0 Å². The minimum Gasteiger partial charge on any atom is -0.463 e. The van der Waals surface area contributed by atoms with Crippen LogP contribution in [0, 0.1) is 0 Å². The Kier molecular flexibility index (Phi) is 3.58. The van der Waals surface area contributed by atoms with E-state index in [0.717, 1.165) is 18.4 Å². The first-order valence-corrected chi connectivity index (χ1v) is 4.15. The molecule has 0 spiro atoms. The van der Waals surface area contributed by atoms with Crippen LogP contribution >= 0.6 is 0 Å². The van der Waals surface area contributed by atoms with Gasteiger partial charge in [-0.05, 0) is 18.1 Å². The Labute approximate surface area is 72.2 Å². The highest BCUT2D eigenvalue weighted by Gasteiger charge is 1.99. The molecule has 1 rings (SSSR count). The van der Waals surface area contributed by atoms with Gasteiger partial charge in [-0.2, -0.15) is 0 Å². The van der Waals surface area contributed by atoms with Gasteiger partial charge in [0.05, 0.1) is 0 Å². The fourth-order valence-corrected chi connectivity index (χ4v) is 1.18. The third kappa shape index (κ3) is 2.22. The van der Waals surface area contributed by atoms with Crippen molar-refractivity contribution in [1.82, 2.24) is 0 Å². The predicted molar refractivity (Wildman–Crippen MR) is 47.0 cm³/mol. The summed E-state index contributed by atoms with van der Waals surface area (Å²) in [5.41, 5.74) is 1.08. The Morgan fingerprint density at radius 1 is 1.33 bits per heavy atom. The normalized spacial score (nSPS) is 9.83. The zero-order chi connectivity index (χ0) is 8.81. The van der Waals surface area contributed by atoms with Crippen molar-refractivity contribution >= 4 is 0 Å². The summed E-state index contributed by atoms with van der Waals surface area (Å²) in [4.78, 5) is 0. The van der Waals surface area contributed by atoms with E-state index in [2.05, 4.69) is 6.92 Å². The smallest absolute Gasteiger partial charge is 0.228 e. The Morgan fingerprint density at radius 3 is 2.75 bits per heavy atom. The monoisotopic (exact) mass is 168 g/mol. The van der Waals surface area contributed by atoms with Gasteiger partial charge in [0.15, 0.2) is 0 Å². The van der Waals surface area contributed by atoms with Crippen LogP contribution in [-0.2, 0) is 6.42 Å². The highest BCUT2D eigenvalue weighted by atomic mass is 19.1. The lowest BCUT2D eigenvalue weighted by Gasteiger charge is -2.06. The summed E-state index contributed by atoms with van der Waals surface area (Å²) >= 11 is 0. The number of hydrogen-bond acceptors (Lipinski definition) is 1. The summed E-state index contributed by atoms with van der Waals surface area (Å²) in [6.45, 7) is 1.34. The fraction of sp³-hybridized carbons (Fsp3) is 0.400. The molecular weight excluding hydrogens is 155 g/mol. The second-order valence-corrected chi connectivity index (χ2v) is 2.61. The van der Waals surface area contributed by atoms with Crippen LogP contribution < -0.4 is 4.74 Å². The van der Waals surface area contributed by atoms with E-state index >= 15 is 0 Å². The van der Waals surface area contributed by atoms with E-state index in [0.29, 0.717) is 5.75 Å². The molecule has 0 saturated heterocycles. The second-order valence-electron chi connectivity index (χ2n) is 2.61. The number of aryl methyl sites for hydroxylation is 1. The van der Waals surface area contributed by atoms with Gasteiger partial charge >= 0.3 is 0 Å². The quantitative estimate of drug-likeness (QED) is 0.671. The highest BCUT2D eigenvalue weighted by molar-refractivity contribution is 5.33. The topological polar surface area (TPSA) is 9.23 Å². The number of hydrogen-bond donors (Lipinski definition) is 0. The lowest BCUT2D eigenvalue weighted by atomic mass is 10.1. The van der Waals surface area contributed by atoms with E-state index in [1.165, 1.54) is 0 Å².